The topological polar surface area (TPSA) is 24.9 Å². The van der Waals surface area contributed by atoms with Crippen LogP contribution < -0.4 is 5.32 Å². The van der Waals surface area contributed by atoms with Crippen molar-refractivity contribution in [2.24, 2.45) is 0 Å². The van der Waals surface area contributed by atoms with E-state index in [4.69, 9.17) is 0 Å². The fourth-order valence-electron chi connectivity index (χ4n) is 2.00. The number of aromatic nitrogens is 1. The molecule has 1 aromatic rings. The number of rotatable bonds is 3. The van der Waals surface area contributed by atoms with Crippen LogP contribution in [0.1, 0.15) is 19.3 Å². The van der Waals surface area contributed by atoms with E-state index in [0.29, 0.717) is 21.6 Å². The zero-order valence-corrected chi connectivity index (χ0v) is 11.4. The van der Waals surface area contributed by atoms with Crippen molar-refractivity contribution in [2.75, 3.05) is 11.6 Å². The molecule has 0 bridgehead atoms. The zero-order valence-electron chi connectivity index (χ0n) is 9.04. The summed E-state index contributed by atoms with van der Waals surface area (Å²) in [6.45, 7) is 0. The van der Waals surface area contributed by atoms with Gasteiger partial charge in [0.25, 0.3) is 0 Å². The van der Waals surface area contributed by atoms with Gasteiger partial charge in [0.1, 0.15) is 0 Å². The van der Waals surface area contributed by atoms with Crippen molar-refractivity contribution in [1.82, 2.24) is 4.98 Å². The summed E-state index contributed by atoms with van der Waals surface area (Å²) in [5.41, 5.74) is 0. The summed E-state index contributed by atoms with van der Waals surface area (Å²) >= 11 is 5.09. The van der Waals surface area contributed by atoms with Crippen LogP contribution in [0.3, 0.4) is 0 Å². The first-order valence-corrected chi connectivity index (χ1v) is 7.37. The molecule has 2 nitrogen and oxygen atoms in total. The maximum absolute atomic E-state index is 13.5. The molecule has 1 fully saturated rings. The van der Waals surface area contributed by atoms with Gasteiger partial charge in [-0.3, -0.25) is 0 Å². The molecule has 0 radical (unpaired) electrons. The number of thioether (sulfide) groups is 1. The van der Waals surface area contributed by atoms with Gasteiger partial charge in [-0.1, -0.05) is 0 Å². The van der Waals surface area contributed by atoms with Crippen molar-refractivity contribution in [2.45, 2.75) is 30.6 Å². The normalized spacial score (nSPS) is 24.7. The predicted molar refractivity (Wildman–Crippen MR) is 70.5 cm³/mol. The van der Waals surface area contributed by atoms with Crippen LogP contribution in [0.25, 0.3) is 0 Å². The molecule has 88 valence electrons. The second kappa shape index (κ2) is 5.36. The van der Waals surface area contributed by atoms with Crippen LogP contribution in [-0.2, 0) is 0 Å². The van der Waals surface area contributed by atoms with Crippen LogP contribution in [0.15, 0.2) is 16.7 Å². The molecule has 1 aromatic heterocycles. The smallest absolute Gasteiger partial charge is 0.166 e. The molecule has 1 aliphatic rings. The number of nitrogens with zero attached hydrogens (tertiary/aromatic N) is 1. The van der Waals surface area contributed by atoms with Crippen molar-refractivity contribution >= 4 is 33.5 Å². The number of nitrogens with one attached hydrogen (secondary N) is 1. The van der Waals surface area contributed by atoms with E-state index in [0.717, 1.165) is 12.8 Å². The summed E-state index contributed by atoms with van der Waals surface area (Å²) < 4.78 is 14.2. The maximum Gasteiger partial charge on any atom is 0.166 e. The van der Waals surface area contributed by atoms with Gasteiger partial charge in [0.2, 0.25) is 0 Å². The minimum atomic E-state index is -0.290. The highest BCUT2D eigenvalue weighted by atomic mass is 79.9. The number of hydrogen-bond donors (Lipinski definition) is 1. The van der Waals surface area contributed by atoms with Gasteiger partial charge in [0, 0.05) is 22.0 Å². The molecule has 0 aromatic carbocycles. The average Bonchev–Trinajstić information content (AvgIpc) is 2.70. The van der Waals surface area contributed by atoms with Gasteiger partial charge < -0.3 is 5.32 Å². The van der Waals surface area contributed by atoms with E-state index >= 15 is 0 Å². The summed E-state index contributed by atoms with van der Waals surface area (Å²) in [7, 11) is 0. The van der Waals surface area contributed by atoms with Crippen molar-refractivity contribution in [1.29, 1.82) is 0 Å². The first-order chi connectivity index (χ1) is 7.69. The fourth-order valence-corrected chi connectivity index (χ4v) is 3.10. The van der Waals surface area contributed by atoms with Crippen LogP contribution in [0.2, 0.25) is 0 Å². The van der Waals surface area contributed by atoms with Crippen LogP contribution in [0.4, 0.5) is 10.2 Å². The third kappa shape index (κ3) is 2.88. The Balaban J connectivity index is 1.99. The lowest BCUT2D eigenvalue weighted by Crippen LogP contribution is -2.17. The average molecular weight is 305 g/mol. The summed E-state index contributed by atoms with van der Waals surface area (Å²) in [6.07, 6.45) is 7.15. The highest BCUT2D eigenvalue weighted by Crippen LogP contribution is 2.30. The van der Waals surface area contributed by atoms with Gasteiger partial charge in [-0.2, -0.15) is 11.8 Å². The molecular formula is C11H14BrFN2S. The Morgan fingerprint density at radius 2 is 2.38 bits per heavy atom. The molecule has 5 heteroatoms. The van der Waals surface area contributed by atoms with Crippen LogP contribution in [0.5, 0.6) is 0 Å². The SMILES string of the molecule is CSC1CCC(Nc2ncc(Br)cc2F)C1. The number of halogens is 2. The predicted octanol–water partition coefficient (Wildman–Crippen LogP) is 3.68. The molecule has 1 N–H and O–H groups in total. The van der Waals surface area contributed by atoms with E-state index < -0.39 is 0 Å². The van der Waals surface area contributed by atoms with Crippen molar-refractivity contribution in [3.8, 4) is 0 Å². The van der Waals surface area contributed by atoms with E-state index in [-0.39, 0.29) is 5.82 Å². The first-order valence-electron chi connectivity index (χ1n) is 5.29. The van der Waals surface area contributed by atoms with E-state index in [1.54, 1.807) is 6.20 Å². The lowest BCUT2D eigenvalue weighted by Gasteiger charge is -2.13. The number of pyridine rings is 1. The fraction of sp³-hybridized carbons (Fsp3) is 0.545. The van der Waals surface area contributed by atoms with E-state index in [1.165, 1.54) is 12.5 Å². The second-order valence-electron chi connectivity index (χ2n) is 4.00. The molecule has 0 amide bonds. The highest BCUT2D eigenvalue weighted by Gasteiger charge is 2.24. The Morgan fingerprint density at radius 1 is 1.56 bits per heavy atom. The lowest BCUT2D eigenvalue weighted by atomic mass is 10.2. The molecule has 0 saturated heterocycles. The van der Waals surface area contributed by atoms with Crippen molar-refractivity contribution < 1.29 is 4.39 Å². The molecule has 2 atom stereocenters. The Morgan fingerprint density at radius 3 is 3.00 bits per heavy atom. The minimum Gasteiger partial charge on any atom is -0.365 e. The molecule has 1 aliphatic carbocycles. The van der Waals surface area contributed by atoms with E-state index in [1.807, 2.05) is 11.8 Å². The standard InChI is InChI=1S/C11H14BrFN2S/c1-16-9-3-2-8(5-9)15-11-10(13)4-7(12)6-14-11/h4,6,8-9H,2-3,5H2,1H3,(H,14,15). The van der Waals surface area contributed by atoms with Crippen LogP contribution in [0, 0.1) is 5.82 Å². The molecule has 1 heterocycles. The largest absolute Gasteiger partial charge is 0.365 e. The molecule has 2 unspecified atom stereocenters. The Labute approximate surface area is 108 Å². The Bertz CT molecular complexity index is 375. The van der Waals surface area contributed by atoms with Crippen molar-refractivity contribution in [3.63, 3.8) is 0 Å². The summed E-state index contributed by atoms with van der Waals surface area (Å²) in [6, 6.07) is 1.80. The molecule has 2 rings (SSSR count). The van der Waals surface area contributed by atoms with Gasteiger partial charge in [-0.25, -0.2) is 9.37 Å². The van der Waals surface area contributed by atoms with Gasteiger partial charge in [-0.05, 0) is 47.5 Å². The monoisotopic (exact) mass is 304 g/mol. The molecule has 0 spiro atoms. The third-order valence-corrected chi connectivity index (χ3v) is 4.39. The Kier molecular flexibility index (Phi) is 4.08. The molecular weight excluding hydrogens is 291 g/mol. The van der Waals surface area contributed by atoms with Gasteiger partial charge in [-0.15, -0.1) is 0 Å². The molecule has 1 saturated carbocycles. The number of anilines is 1. The molecule has 0 aliphatic heterocycles. The van der Waals surface area contributed by atoms with Gasteiger partial charge in [0.15, 0.2) is 11.6 Å². The zero-order chi connectivity index (χ0) is 11.5. The molecule has 16 heavy (non-hydrogen) atoms. The summed E-state index contributed by atoms with van der Waals surface area (Å²) in [5, 5.41) is 3.89. The van der Waals surface area contributed by atoms with Crippen molar-refractivity contribution in [3.05, 3.63) is 22.6 Å². The Hall–Kier alpha value is -0.290. The summed E-state index contributed by atoms with van der Waals surface area (Å²) in [4.78, 5) is 4.05. The minimum absolute atomic E-state index is 0.290. The van der Waals surface area contributed by atoms with Gasteiger partial charge in [0.05, 0.1) is 0 Å². The maximum atomic E-state index is 13.5. The quantitative estimate of drug-likeness (QED) is 0.922. The van der Waals surface area contributed by atoms with E-state index in [2.05, 4.69) is 32.5 Å². The lowest BCUT2D eigenvalue weighted by molar-refractivity contribution is 0.616. The highest BCUT2D eigenvalue weighted by molar-refractivity contribution is 9.10. The van der Waals surface area contributed by atoms with Crippen LogP contribution >= 0.6 is 27.7 Å². The second-order valence-corrected chi connectivity index (χ2v) is 6.05. The number of hydrogen-bond acceptors (Lipinski definition) is 3. The van der Waals surface area contributed by atoms with E-state index in [9.17, 15) is 4.39 Å². The van der Waals surface area contributed by atoms with Crippen LogP contribution in [-0.4, -0.2) is 22.5 Å². The first kappa shape index (κ1) is 12.2. The van der Waals surface area contributed by atoms with Gasteiger partial charge >= 0.3 is 0 Å². The third-order valence-electron chi connectivity index (χ3n) is 2.87. The summed E-state index contributed by atoms with van der Waals surface area (Å²) in [5.74, 6) is 0.0805.